The molecule has 1 saturated heterocycles. The predicted molar refractivity (Wildman–Crippen MR) is 106 cm³/mol. The zero-order chi connectivity index (χ0) is 16.5. The number of para-hydroxylation sites is 1. The van der Waals surface area contributed by atoms with E-state index >= 15 is 0 Å². The SMILES string of the molecule is Cl.Cl.NCC1CCN(C(=O)c2cnc3c(c2)ncn3-c2ccccc2)C1. The minimum Gasteiger partial charge on any atom is -0.338 e. The summed E-state index contributed by atoms with van der Waals surface area (Å²) in [5, 5.41) is 0. The molecule has 1 atom stereocenters. The van der Waals surface area contributed by atoms with Gasteiger partial charge in [0, 0.05) is 25.0 Å². The summed E-state index contributed by atoms with van der Waals surface area (Å²) in [5.74, 6) is 0.414. The molecule has 0 spiro atoms. The first kappa shape index (κ1) is 20.2. The molecule has 3 heterocycles. The Morgan fingerprint density at radius 1 is 1.19 bits per heavy atom. The number of halogens is 2. The number of imidazole rings is 1. The Kier molecular flexibility index (Phi) is 6.58. The topological polar surface area (TPSA) is 77.0 Å². The van der Waals surface area contributed by atoms with Gasteiger partial charge in [0.25, 0.3) is 5.91 Å². The molecule has 1 aromatic carbocycles. The van der Waals surface area contributed by atoms with Crippen LogP contribution in [-0.4, -0.2) is 45.0 Å². The molecule has 1 aliphatic rings. The van der Waals surface area contributed by atoms with Gasteiger partial charge < -0.3 is 10.6 Å². The number of aromatic nitrogens is 3. The van der Waals surface area contributed by atoms with E-state index in [2.05, 4.69) is 9.97 Å². The summed E-state index contributed by atoms with van der Waals surface area (Å²) in [5.41, 5.74) is 8.75. The molecule has 138 valence electrons. The molecule has 4 rings (SSSR count). The summed E-state index contributed by atoms with van der Waals surface area (Å²) < 4.78 is 1.92. The van der Waals surface area contributed by atoms with E-state index < -0.39 is 0 Å². The fourth-order valence-electron chi connectivity index (χ4n) is 3.19. The lowest BCUT2D eigenvalue weighted by molar-refractivity contribution is 0.0787. The van der Waals surface area contributed by atoms with E-state index in [0.29, 0.717) is 18.0 Å². The first-order valence-electron chi connectivity index (χ1n) is 8.14. The van der Waals surface area contributed by atoms with E-state index in [9.17, 15) is 4.79 Å². The average Bonchev–Trinajstić information content (AvgIpc) is 3.28. The van der Waals surface area contributed by atoms with Crippen molar-refractivity contribution in [2.24, 2.45) is 11.7 Å². The van der Waals surface area contributed by atoms with Gasteiger partial charge in [-0.05, 0) is 37.1 Å². The van der Waals surface area contributed by atoms with Crippen molar-refractivity contribution in [1.29, 1.82) is 0 Å². The third-order valence-electron chi connectivity index (χ3n) is 4.58. The summed E-state index contributed by atoms with van der Waals surface area (Å²) in [6.45, 7) is 2.12. The molecule has 1 unspecified atom stereocenters. The van der Waals surface area contributed by atoms with Crippen LogP contribution in [0.3, 0.4) is 0 Å². The number of benzene rings is 1. The van der Waals surface area contributed by atoms with Gasteiger partial charge in [-0.1, -0.05) is 18.2 Å². The maximum absolute atomic E-state index is 12.6. The number of fused-ring (bicyclic) bond motifs is 1. The summed E-state index contributed by atoms with van der Waals surface area (Å²) in [6, 6.07) is 11.7. The lowest BCUT2D eigenvalue weighted by atomic mass is 10.1. The molecule has 2 N–H and O–H groups in total. The smallest absolute Gasteiger partial charge is 0.255 e. The van der Waals surface area contributed by atoms with Crippen molar-refractivity contribution < 1.29 is 4.79 Å². The highest BCUT2D eigenvalue weighted by molar-refractivity contribution is 5.96. The first-order valence-corrected chi connectivity index (χ1v) is 8.14. The number of nitrogens with zero attached hydrogens (tertiary/aromatic N) is 4. The standard InChI is InChI=1S/C18H19N5O.2ClH/c19-9-13-6-7-22(11-13)18(24)14-8-16-17(20-10-14)23(12-21-16)15-4-2-1-3-5-15;;/h1-5,8,10,12-13H,6-7,9,11,19H2;2*1H. The quantitative estimate of drug-likeness (QED) is 0.741. The zero-order valence-corrected chi connectivity index (χ0v) is 15.7. The van der Waals surface area contributed by atoms with Crippen molar-refractivity contribution in [2.75, 3.05) is 19.6 Å². The zero-order valence-electron chi connectivity index (χ0n) is 14.1. The van der Waals surface area contributed by atoms with Gasteiger partial charge in [-0.2, -0.15) is 0 Å². The molecule has 1 amide bonds. The van der Waals surface area contributed by atoms with Gasteiger partial charge in [-0.3, -0.25) is 9.36 Å². The first-order chi connectivity index (χ1) is 11.8. The monoisotopic (exact) mass is 393 g/mol. The van der Waals surface area contributed by atoms with Crippen molar-refractivity contribution in [3.05, 3.63) is 54.5 Å². The Balaban J connectivity index is 0.00000121. The van der Waals surface area contributed by atoms with Crippen LogP contribution in [0.1, 0.15) is 16.8 Å². The number of amides is 1. The van der Waals surface area contributed by atoms with Crippen LogP contribution < -0.4 is 5.73 Å². The normalized spacial score (nSPS) is 16.2. The lowest BCUT2D eigenvalue weighted by Crippen LogP contribution is -2.29. The van der Waals surface area contributed by atoms with Crippen LogP contribution in [0.4, 0.5) is 0 Å². The van der Waals surface area contributed by atoms with E-state index in [0.717, 1.165) is 36.4 Å². The van der Waals surface area contributed by atoms with E-state index in [1.54, 1.807) is 12.5 Å². The molecule has 0 bridgehead atoms. The van der Waals surface area contributed by atoms with Crippen molar-refractivity contribution in [3.63, 3.8) is 0 Å². The van der Waals surface area contributed by atoms with E-state index in [-0.39, 0.29) is 30.7 Å². The fourth-order valence-corrected chi connectivity index (χ4v) is 3.19. The average molecular weight is 394 g/mol. The number of rotatable bonds is 3. The van der Waals surface area contributed by atoms with Crippen LogP contribution in [0.15, 0.2) is 48.9 Å². The Morgan fingerprint density at radius 2 is 1.96 bits per heavy atom. The van der Waals surface area contributed by atoms with Crippen molar-refractivity contribution in [2.45, 2.75) is 6.42 Å². The maximum Gasteiger partial charge on any atom is 0.255 e. The molecule has 1 aliphatic heterocycles. The number of pyridine rings is 1. The van der Waals surface area contributed by atoms with Crippen LogP contribution in [0.2, 0.25) is 0 Å². The Labute approximate surface area is 164 Å². The van der Waals surface area contributed by atoms with Gasteiger partial charge >= 0.3 is 0 Å². The number of hydrogen-bond donors (Lipinski definition) is 1. The Hall–Kier alpha value is -2.15. The second-order valence-corrected chi connectivity index (χ2v) is 6.16. The Morgan fingerprint density at radius 3 is 2.65 bits per heavy atom. The van der Waals surface area contributed by atoms with Gasteiger partial charge in [-0.25, -0.2) is 9.97 Å². The van der Waals surface area contributed by atoms with Crippen LogP contribution in [0.25, 0.3) is 16.9 Å². The second-order valence-electron chi connectivity index (χ2n) is 6.16. The van der Waals surface area contributed by atoms with Crippen molar-refractivity contribution in [1.82, 2.24) is 19.4 Å². The van der Waals surface area contributed by atoms with Crippen LogP contribution in [0.5, 0.6) is 0 Å². The summed E-state index contributed by atoms with van der Waals surface area (Å²) in [6.07, 6.45) is 4.35. The van der Waals surface area contributed by atoms with Crippen LogP contribution in [-0.2, 0) is 0 Å². The van der Waals surface area contributed by atoms with Crippen molar-refractivity contribution in [3.8, 4) is 5.69 Å². The summed E-state index contributed by atoms with van der Waals surface area (Å²) in [7, 11) is 0. The number of carbonyl (C=O) groups excluding carboxylic acids is 1. The number of hydrogen-bond acceptors (Lipinski definition) is 4. The third kappa shape index (κ3) is 3.67. The molecular formula is C18H21Cl2N5O. The Bertz CT molecular complexity index is 884. The molecule has 2 aromatic heterocycles. The molecule has 6 nitrogen and oxygen atoms in total. The lowest BCUT2D eigenvalue weighted by Gasteiger charge is -2.16. The molecule has 0 aliphatic carbocycles. The maximum atomic E-state index is 12.6. The molecule has 0 radical (unpaired) electrons. The second kappa shape index (κ2) is 8.49. The minimum atomic E-state index is 0. The molecule has 3 aromatic rings. The molecule has 8 heteroatoms. The molecule has 0 saturated carbocycles. The predicted octanol–water partition coefficient (Wildman–Crippen LogP) is 2.68. The number of carbonyl (C=O) groups is 1. The van der Waals surface area contributed by atoms with Gasteiger partial charge in [-0.15, -0.1) is 24.8 Å². The van der Waals surface area contributed by atoms with Crippen molar-refractivity contribution >= 4 is 41.9 Å². The highest BCUT2D eigenvalue weighted by Crippen LogP contribution is 2.20. The highest BCUT2D eigenvalue weighted by Gasteiger charge is 2.26. The fraction of sp³-hybridized carbons (Fsp3) is 0.278. The summed E-state index contributed by atoms with van der Waals surface area (Å²) in [4.78, 5) is 23.4. The van der Waals surface area contributed by atoms with Gasteiger partial charge in [0.15, 0.2) is 5.65 Å². The third-order valence-corrected chi connectivity index (χ3v) is 4.58. The molecule has 1 fully saturated rings. The summed E-state index contributed by atoms with van der Waals surface area (Å²) >= 11 is 0. The van der Waals surface area contributed by atoms with E-state index in [4.69, 9.17) is 5.73 Å². The van der Waals surface area contributed by atoms with Gasteiger partial charge in [0.1, 0.15) is 11.8 Å². The largest absolute Gasteiger partial charge is 0.338 e. The van der Waals surface area contributed by atoms with Gasteiger partial charge in [0.05, 0.1) is 5.56 Å². The van der Waals surface area contributed by atoms with E-state index in [1.807, 2.05) is 45.9 Å². The van der Waals surface area contributed by atoms with E-state index in [1.165, 1.54) is 0 Å². The van der Waals surface area contributed by atoms with Crippen LogP contribution in [0, 0.1) is 5.92 Å². The van der Waals surface area contributed by atoms with Gasteiger partial charge in [0.2, 0.25) is 0 Å². The molecule has 26 heavy (non-hydrogen) atoms. The highest BCUT2D eigenvalue weighted by atomic mass is 35.5. The van der Waals surface area contributed by atoms with Crippen LogP contribution >= 0.6 is 24.8 Å². The minimum absolute atomic E-state index is 0. The number of nitrogens with two attached hydrogens (primary N) is 1. The number of likely N-dealkylation sites (tertiary alicyclic amines) is 1. The molecular weight excluding hydrogens is 373 g/mol.